The molecule has 0 aromatic heterocycles. The Morgan fingerprint density at radius 1 is 1.36 bits per heavy atom. The zero-order chi connectivity index (χ0) is 19.7. The molecule has 0 aromatic carbocycles. The molecule has 1 aliphatic heterocycles. The highest BCUT2D eigenvalue weighted by molar-refractivity contribution is 5.95. The van der Waals surface area contributed by atoms with E-state index < -0.39 is 0 Å². The lowest BCUT2D eigenvalue weighted by atomic mass is 9.99. The van der Waals surface area contributed by atoms with E-state index in [2.05, 4.69) is 44.0 Å². The molecule has 0 aromatic rings. The fraction of sp³-hybridized carbons (Fsp3) is 0.700. The molecule has 0 saturated carbocycles. The topological polar surface area (TPSA) is 62.6 Å². The van der Waals surface area contributed by atoms with Gasteiger partial charge in [-0.05, 0) is 39.2 Å². The first-order chi connectivity index (χ1) is 11.9. The standard InChI is InChI=1S/C14H24N2O.C3H6O2.C3H8/c1-5-7-14(11(3)15)16(4)12-8-9-17-13(6-2)10-12;1-2-5-3-4;1-3-2/h5,7,12-13,15H,1,6,8-10H2,2-4H3;3H,2H2,1H3;3H2,1-2H3/b14-7-,15-11?;;. The number of hydrogen-bond donors (Lipinski definition) is 1. The summed E-state index contributed by atoms with van der Waals surface area (Å²) in [5.41, 5.74) is 1.55. The molecule has 2 atom stereocenters. The van der Waals surface area contributed by atoms with Crippen molar-refractivity contribution in [1.29, 1.82) is 5.41 Å². The van der Waals surface area contributed by atoms with Crippen LogP contribution in [0, 0.1) is 5.41 Å². The van der Waals surface area contributed by atoms with Crippen LogP contribution in [0.2, 0.25) is 0 Å². The van der Waals surface area contributed by atoms with Crippen LogP contribution in [0.25, 0.3) is 0 Å². The summed E-state index contributed by atoms with van der Waals surface area (Å²) >= 11 is 0. The van der Waals surface area contributed by atoms with Crippen molar-refractivity contribution in [3.05, 3.63) is 24.4 Å². The minimum Gasteiger partial charge on any atom is -0.468 e. The third-order valence-electron chi connectivity index (χ3n) is 3.62. The maximum Gasteiger partial charge on any atom is 0.293 e. The Hall–Kier alpha value is -1.62. The molecule has 1 saturated heterocycles. The van der Waals surface area contributed by atoms with Crippen molar-refractivity contribution in [2.24, 2.45) is 0 Å². The van der Waals surface area contributed by atoms with Crippen molar-refractivity contribution in [2.75, 3.05) is 20.3 Å². The molecular formula is C20H38N2O3. The zero-order valence-corrected chi connectivity index (χ0v) is 17.0. The molecule has 25 heavy (non-hydrogen) atoms. The summed E-state index contributed by atoms with van der Waals surface area (Å²) in [7, 11) is 2.07. The smallest absolute Gasteiger partial charge is 0.293 e. The molecule has 1 heterocycles. The summed E-state index contributed by atoms with van der Waals surface area (Å²) in [5, 5.41) is 7.81. The van der Waals surface area contributed by atoms with Crippen molar-refractivity contribution in [3.8, 4) is 0 Å². The van der Waals surface area contributed by atoms with Gasteiger partial charge in [-0.25, -0.2) is 0 Å². The highest BCUT2D eigenvalue weighted by Crippen LogP contribution is 2.23. The number of nitrogens with one attached hydrogen (secondary N) is 1. The minimum absolute atomic E-state index is 0.368. The number of carbonyl (C=O) groups is 1. The van der Waals surface area contributed by atoms with E-state index in [1.54, 1.807) is 13.0 Å². The van der Waals surface area contributed by atoms with Gasteiger partial charge in [0.2, 0.25) is 0 Å². The van der Waals surface area contributed by atoms with E-state index in [1.807, 2.05) is 13.0 Å². The van der Waals surface area contributed by atoms with E-state index in [0.717, 1.165) is 31.6 Å². The molecule has 2 unspecified atom stereocenters. The molecule has 1 fully saturated rings. The maximum atomic E-state index is 9.18. The van der Waals surface area contributed by atoms with Gasteiger partial charge in [-0.15, -0.1) is 0 Å². The molecule has 0 spiro atoms. The van der Waals surface area contributed by atoms with Crippen LogP contribution in [0.5, 0.6) is 0 Å². The number of rotatable bonds is 7. The van der Waals surface area contributed by atoms with Gasteiger partial charge in [0.15, 0.2) is 0 Å². The van der Waals surface area contributed by atoms with Crippen molar-refractivity contribution < 1.29 is 14.3 Å². The van der Waals surface area contributed by atoms with Crippen molar-refractivity contribution in [2.45, 2.75) is 72.4 Å². The lowest BCUT2D eigenvalue weighted by molar-refractivity contribution is -0.128. The summed E-state index contributed by atoms with van der Waals surface area (Å²) in [6.07, 6.45) is 8.43. The van der Waals surface area contributed by atoms with Crippen LogP contribution in [0.3, 0.4) is 0 Å². The fourth-order valence-corrected chi connectivity index (χ4v) is 2.38. The Balaban J connectivity index is 0. The Kier molecular flexibility index (Phi) is 17.6. The van der Waals surface area contributed by atoms with Gasteiger partial charge in [0, 0.05) is 19.7 Å². The second kappa shape index (κ2) is 17.2. The molecule has 0 radical (unpaired) electrons. The van der Waals surface area contributed by atoms with Gasteiger partial charge in [-0.1, -0.05) is 39.8 Å². The predicted molar refractivity (Wildman–Crippen MR) is 106 cm³/mol. The van der Waals surface area contributed by atoms with Gasteiger partial charge < -0.3 is 19.8 Å². The molecule has 0 amide bonds. The number of hydrogen-bond acceptors (Lipinski definition) is 5. The van der Waals surface area contributed by atoms with Crippen LogP contribution in [-0.4, -0.2) is 49.5 Å². The van der Waals surface area contributed by atoms with Gasteiger partial charge in [-0.2, -0.15) is 0 Å². The van der Waals surface area contributed by atoms with Gasteiger partial charge >= 0.3 is 0 Å². The number of ether oxygens (including phenoxy) is 2. The third-order valence-corrected chi connectivity index (χ3v) is 3.62. The number of carbonyl (C=O) groups excluding carboxylic acids is 1. The molecule has 5 nitrogen and oxygen atoms in total. The number of allylic oxidation sites excluding steroid dienone is 3. The molecule has 1 aliphatic rings. The van der Waals surface area contributed by atoms with Crippen LogP contribution in [0.4, 0.5) is 0 Å². The van der Waals surface area contributed by atoms with Crippen molar-refractivity contribution in [1.82, 2.24) is 4.90 Å². The first kappa shape index (κ1) is 25.6. The van der Waals surface area contributed by atoms with Crippen LogP contribution in [0.1, 0.15) is 60.3 Å². The SMILES string of the molecule is C=C/C=C(/C(C)=N)N(C)C1CCOC(CC)C1.CCC.CCOC=O. The molecular weight excluding hydrogens is 316 g/mol. The first-order valence-corrected chi connectivity index (χ1v) is 9.21. The highest BCUT2D eigenvalue weighted by atomic mass is 16.5. The molecule has 0 aliphatic carbocycles. The normalized spacial score (nSPS) is 19.4. The van der Waals surface area contributed by atoms with E-state index in [0.29, 0.717) is 30.9 Å². The quantitative estimate of drug-likeness (QED) is 0.413. The summed E-state index contributed by atoms with van der Waals surface area (Å²) in [6, 6.07) is 0.472. The van der Waals surface area contributed by atoms with Crippen LogP contribution < -0.4 is 0 Å². The average Bonchev–Trinajstić information content (AvgIpc) is 2.61. The summed E-state index contributed by atoms with van der Waals surface area (Å²) in [6.45, 7) is 15.4. The van der Waals surface area contributed by atoms with E-state index >= 15 is 0 Å². The second-order valence-corrected chi connectivity index (χ2v) is 5.86. The molecule has 1 rings (SSSR count). The molecule has 0 bridgehead atoms. The Bertz CT molecular complexity index is 394. The third kappa shape index (κ3) is 12.4. The lowest BCUT2D eigenvalue weighted by Gasteiger charge is -2.37. The molecule has 146 valence electrons. The maximum absolute atomic E-state index is 9.18. The monoisotopic (exact) mass is 354 g/mol. The van der Waals surface area contributed by atoms with Gasteiger partial charge in [0.25, 0.3) is 6.47 Å². The molecule has 5 heteroatoms. The van der Waals surface area contributed by atoms with Crippen molar-refractivity contribution >= 4 is 12.2 Å². The summed E-state index contributed by atoms with van der Waals surface area (Å²) in [4.78, 5) is 11.4. The van der Waals surface area contributed by atoms with Gasteiger partial charge in [0.05, 0.1) is 24.1 Å². The predicted octanol–water partition coefficient (Wildman–Crippen LogP) is 4.58. The van der Waals surface area contributed by atoms with E-state index in [9.17, 15) is 4.79 Å². The van der Waals surface area contributed by atoms with Crippen LogP contribution in [0.15, 0.2) is 24.4 Å². The van der Waals surface area contributed by atoms with Crippen LogP contribution in [-0.2, 0) is 14.3 Å². The van der Waals surface area contributed by atoms with Gasteiger partial charge in [0.1, 0.15) is 0 Å². The first-order valence-electron chi connectivity index (χ1n) is 9.21. The zero-order valence-electron chi connectivity index (χ0n) is 17.0. The highest BCUT2D eigenvalue weighted by Gasteiger charge is 2.25. The van der Waals surface area contributed by atoms with E-state index in [-0.39, 0.29) is 0 Å². The van der Waals surface area contributed by atoms with Crippen molar-refractivity contribution in [3.63, 3.8) is 0 Å². The Morgan fingerprint density at radius 3 is 2.32 bits per heavy atom. The molecule has 1 N–H and O–H groups in total. The van der Waals surface area contributed by atoms with E-state index in [4.69, 9.17) is 10.1 Å². The summed E-state index contributed by atoms with van der Waals surface area (Å²) in [5.74, 6) is 0. The largest absolute Gasteiger partial charge is 0.468 e. The minimum atomic E-state index is 0.368. The Labute approximate surface area is 154 Å². The second-order valence-electron chi connectivity index (χ2n) is 5.86. The Morgan fingerprint density at radius 2 is 1.96 bits per heavy atom. The number of nitrogens with zero attached hydrogens (tertiary/aromatic N) is 1. The fourth-order valence-electron chi connectivity index (χ4n) is 2.38. The van der Waals surface area contributed by atoms with Crippen LogP contribution >= 0.6 is 0 Å². The van der Waals surface area contributed by atoms with E-state index in [1.165, 1.54) is 6.42 Å². The average molecular weight is 355 g/mol. The summed E-state index contributed by atoms with van der Waals surface area (Å²) < 4.78 is 9.84. The lowest BCUT2D eigenvalue weighted by Crippen LogP contribution is -2.40. The van der Waals surface area contributed by atoms with Gasteiger partial charge in [-0.3, -0.25) is 4.79 Å².